The molecule has 0 bridgehead atoms. The summed E-state index contributed by atoms with van der Waals surface area (Å²) in [5, 5.41) is 8.12. The van der Waals surface area contributed by atoms with E-state index in [2.05, 4.69) is 9.97 Å². The molecule has 1 aromatic heterocycles. The van der Waals surface area contributed by atoms with Gasteiger partial charge in [-0.25, -0.2) is 10.5 Å². The number of rotatable bonds is 1. The van der Waals surface area contributed by atoms with Crippen LogP contribution in [0.25, 0.3) is 0 Å². The third kappa shape index (κ3) is 2.28. The first kappa shape index (κ1) is 9.47. The molecule has 0 aliphatic carbocycles. The molecule has 0 radical (unpaired) electrons. The quantitative estimate of drug-likeness (QED) is 0.393. The van der Waals surface area contributed by atoms with Crippen molar-refractivity contribution in [2.24, 2.45) is 0 Å². The summed E-state index contributed by atoms with van der Waals surface area (Å²) >= 11 is 0. The molecule has 0 saturated heterocycles. The Morgan fingerprint density at radius 1 is 1.55 bits per heavy atom. The van der Waals surface area contributed by atoms with E-state index in [9.17, 15) is 4.79 Å². The smallest absolute Gasteiger partial charge is 0.294 e. The molecule has 1 amide bonds. The van der Waals surface area contributed by atoms with Gasteiger partial charge in [0.25, 0.3) is 5.91 Å². The number of hydrogen-bond donors (Lipinski definition) is 2. The number of nitrogens with zero attached hydrogens (tertiary/aromatic N) is 2. The Morgan fingerprint density at radius 3 is 2.73 bits per heavy atom. The zero-order chi connectivity index (χ0) is 7.40. The van der Waals surface area contributed by atoms with E-state index in [1.807, 2.05) is 0 Å². The van der Waals surface area contributed by atoms with E-state index in [0.717, 1.165) is 0 Å². The molecule has 0 aliphatic heterocycles. The molecular weight excluding hydrogens is 150 g/mol. The molecule has 0 fully saturated rings. The predicted octanol–water partition coefficient (Wildman–Crippen LogP) is -1.23. The number of hydroxylamine groups is 1. The summed E-state index contributed by atoms with van der Waals surface area (Å²) in [6, 6.07) is 0. The summed E-state index contributed by atoms with van der Waals surface area (Å²) < 4.78 is 0. The van der Waals surface area contributed by atoms with Gasteiger partial charge >= 0.3 is 0 Å². The fourth-order valence-electron chi connectivity index (χ4n) is 0.474. The van der Waals surface area contributed by atoms with E-state index in [-0.39, 0.29) is 11.2 Å². The van der Waals surface area contributed by atoms with Gasteiger partial charge in [0, 0.05) is 12.4 Å². The summed E-state index contributed by atoms with van der Waals surface area (Å²) in [4.78, 5) is 17.8. The number of nitrogens with one attached hydrogen (secondary N) is 1. The number of carbonyl (C=O) groups excluding carboxylic acids is 1. The van der Waals surface area contributed by atoms with Crippen molar-refractivity contribution in [2.75, 3.05) is 0 Å². The van der Waals surface area contributed by atoms with Crippen molar-refractivity contribution < 1.29 is 15.5 Å². The maximum Gasteiger partial charge on any atom is 0.294 e. The Balaban J connectivity index is 0.000001000. The van der Waals surface area contributed by atoms with E-state index >= 15 is 0 Å². The molecule has 60 valence electrons. The number of carbonyl (C=O) groups is 1. The van der Waals surface area contributed by atoms with E-state index in [1.165, 1.54) is 24.1 Å². The minimum absolute atomic E-state index is 0. The molecule has 4 N–H and O–H groups in total. The topological polar surface area (TPSA) is 107 Å². The summed E-state index contributed by atoms with van der Waals surface area (Å²) in [7, 11) is 0. The minimum atomic E-state index is -0.659. The normalized spacial score (nSPS) is 8.09. The van der Waals surface area contributed by atoms with Gasteiger partial charge in [0.1, 0.15) is 5.69 Å². The Bertz CT molecular complexity index is 226. The number of hydrogen-bond acceptors (Lipinski definition) is 4. The van der Waals surface area contributed by atoms with Crippen LogP contribution in [0, 0.1) is 0 Å². The standard InChI is InChI=1S/C5H5N3O2.H2O/c9-5(8-10)4-3-6-1-2-7-4;/h1-3,10H,(H,8,9);1H2. The highest BCUT2D eigenvalue weighted by molar-refractivity contribution is 5.90. The molecular formula is C5H7N3O3. The first-order valence-electron chi connectivity index (χ1n) is 2.55. The van der Waals surface area contributed by atoms with E-state index in [0.29, 0.717) is 0 Å². The molecule has 1 heterocycles. The predicted molar refractivity (Wildman–Crippen MR) is 34.9 cm³/mol. The summed E-state index contributed by atoms with van der Waals surface area (Å²) in [6.45, 7) is 0. The highest BCUT2D eigenvalue weighted by Gasteiger charge is 2.02. The lowest BCUT2D eigenvalue weighted by Crippen LogP contribution is -2.19. The SMILES string of the molecule is O.O=C(NO)c1cnccn1. The zero-order valence-corrected chi connectivity index (χ0v) is 5.48. The zero-order valence-electron chi connectivity index (χ0n) is 5.48. The van der Waals surface area contributed by atoms with Gasteiger partial charge in [0.15, 0.2) is 0 Å². The number of aromatic nitrogens is 2. The molecule has 0 atom stereocenters. The van der Waals surface area contributed by atoms with Crippen molar-refractivity contribution in [2.45, 2.75) is 0 Å². The fraction of sp³-hybridized carbons (Fsp3) is 0. The summed E-state index contributed by atoms with van der Waals surface area (Å²) in [6.07, 6.45) is 4.06. The molecule has 0 saturated carbocycles. The van der Waals surface area contributed by atoms with Crippen LogP contribution in [0.15, 0.2) is 18.6 Å². The van der Waals surface area contributed by atoms with Crippen LogP contribution >= 0.6 is 0 Å². The van der Waals surface area contributed by atoms with Crippen LogP contribution in [0.4, 0.5) is 0 Å². The monoisotopic (exact) mass is 157 g/mol. The number of amides is 1. The van der Waals surface area contributed by atoms with Crippen LogP contribution in [-0.2, 0) is 0 Å². The minimum Gasteiger partial charge on any atom is -0.412 e. The molecule has 1 rings (SSSR count). The van der Waals surface area contributed by atoms with Crippen molar-refractivity contribution in [1.82, 2.24) is 15.4 Å². The first-order chi connectivity index (χ1) is 4.84. The summed E-state index contributed by atoms with van der Waals surface area (Å²) in [5.74, 6) is -0.659. The molecule has 0 aliphatic rings. The highest BCUT2D eigenvalue weighted by atomic mass is 16.5. The average Bonchev–Trinajstić information content (AvgIpc) is 2.05. The van der Waals surface area contributed by atoms with Gasteiger partial charge in [0.05, 0.1) is 6.20 Å². The third-order valence-corrected chi connectivity index (χ3v) is 0.897. The third-order valence-electron chi connectivity index (χ3n) is 0.897. The average molecular weight is 157 g/mol. The lowest BCUT2D eigenvalue weighted by Gasteiger charge is -1.93. The van der Waals surface area contributed by atoms with Crippen molar-refractivity contribution >= 4 is 5.91 Å². The largest absolute Gasteiger partial charge is 0.412 e. The Kier molecular flexibility index (Phi) is 3.71. The fourth-order valence-corrected chi connectivity index (χ4v) is 0.474. The van der Waals surface area contributed by atoms with Crippen LogP contribution in [-0.4, -0.2) is 26.6 Å². The van der Waals surface area contributed by atoms with Crippen LogP contribution in [0.1, 0.15) is 10.5 Å². The highest BCUT2D eigenvalue weighted by Crippen LogP contribution is 1.87. The molecule has 0 aromatic carbocycles. The van der Waals surface area contributed by atoms with Gasteiger partial charge < -0.3 is 5.48 Å². The van der Waals surface area contributed by atoms with E-state index in [1.54, 1.807) is 0 Å². The molecule has 0 spiro atoms. The lowest BCUT2D eigenvalue weighted by atomic mass is 10.4. The van der Waals surface area contributed by atoms with Crippen LogP contribution in [0.2, 0.25) is 0 Å². The second kappa shape index (κ2) is 4.31. The van der Waals surface area contributed by atoms with Gasteiger partial charge in [-0.1, -0.05) is 0 Å². The Labute approximate surface area is 62.2 Å². The van der Waals surface area contributed by atoms with Gasteiger partial charge in [-0.15, -0.1) is 0 Å². The Morgan fingerprint density at radius 2 is 2.27 bits per heavy atom. The van der Waals surface area contributed by atoms with Gasteiger partial charge in [-0.2, -0.15) is 0 Å². The Hall–Kier alpha value is -1.53. The van der Waals surface area contributed by atoms with Gasteiger partial charge in [-0.3, -0.25) is 15.0 Å². The first-order valence-corrected chi connectivity index (χ1v) is 2.55. The van der Waals surface area contributed by atoms with E-state index in [4.69, 9.17) is 5.21 Å². The van der Waals surface area contributed by atoms with Crippen molar-refractivity contribution in [3.05, 3.63) is 24.3 Å². The maximum absolute atomic E-state index is 10.5. The lowest BCUT2D eigenvalue weighted by molar-refractivity contribution is 0.0700. The van der Waals surface area contributed by atoms with Crippen molar-refractivity contribution in [1.29, 1.82) is 0 Å². The molecule has 6 nitrogen and oxygen atoms in total. The molecule has 6 heteroatoms. The second-order valence-corrected chi connectivity index (χ2v) is 1.53. The van der Waals surface area contributed by atoms with Gasteiger partial charge in [-0.05, 0) is 0 Å². The van der Waals surface area contributed by atoms with Crippen molar-refractivity contribution in [3.63, 3.8) is 0 Å². The second-order valence-electron chi connectivity index (χ2n) is 1.53. The summed E-state index contributed by atoms with van der Waals surface area (Å²) in [5.41, 5.74) is 1.53. The van der Waals surface area contributed by atoms with Gasteiger partial charge in [0.2, 0.25) is 0 Å². The maximum atomic E-state index is 10.5. The van der Waals surface area contributed by atoms with Crippen molar-refractivity contribution in [3.8, 4) is 0 Å². The van der Waals surface area contributed by atoms with E-state index < -0.39 is 5.91 Å². The molecule has 0 unspecified atom stereocenters. The van der Waals surface area contributed by atoms with Crippen LogP contribution < -0.4 is 5.48 Å². The molecule has 11 heavy (non-hydrogen) atoms. The van der Waals surface area contributed by atoms with Crippen LogP contribution in [0.5, 0.6) is 0 Å². The molecule has 1 aromatic rings. The van der Waals surface area contributed by atoms with Crippen LogP contribution in [0.3, 0.4) is 0 Å².